The van der Waals surface area contributed by atoms with Crippen LogP contribution in [0.15, 0.2) is 24.4 Å². The van der Waals surface area contributed by atoms with Gasteiger partial charge in [0.2, 0.25) is 0 Å². The average Bonchev–Trinajstić information content (AvgIpc) is 3.31. The Kier molecular flexibility index (Phi) is 2.89. The number of pyridine rings is 1. The quantitative estimate of drug-likeness (QED) is 0.901. The van der Waals surface area contributed by atoms with Crippen LogP contribution in [-0.4, -0.2) is 31.3 Å². The number of fused-ring (bicyclic) bond motifs is 2. The number of nitrogens with zero attached hydrogens (tertiary/aromatic N) is 1. The van der Waals surface area contributed by atoms with Crippen molar-refractivity contribution in [3.63, 3.8) is 0 Å². The number of aromatic nitrogens is 1. The monoisotopic (exact) mass is 285 g/mol. The molecule has 2 aliphatic rings. The lowest BCUT2D eigenvalue weighted by atomic mass is 10.1. The molecule has 1 fully saturated rings. The Bertz CT molecular complexity index is 683. The van der Waals surface area contributed by atoms with E-state index >= 15 is 0 Å². The highest BCUT2D eigenvalue weighted by atomic mass is 16.6. The fourth-order valence-corrected chi connectivity index (χ4v) is 2.75. The first-order valence-electron chi connectivity index (χ1n) is 7.42. The van der Waals surface area contributed by atoms with Gasteiger partial charge in [0.15, 0.2) is 11.5 Å². The van der Waals surface area contributed by atoms with Crippen molar-refractivity contribution >= 4 is 16.6 Å². The number of hydrogen-bond donors (Lipinski definition) is 2. The first kappa shape index (κ1) is 12.7. The molecule has 5 heteroatoms. The number of anilines is 1. The Hall–Kier alpha value is -2.01. The molecule has 0 bridgehead atoms. The van der Waals surface area contributed by atoms with Crippen LogP contribution in [-0.2, 0) is 0 Å². The minimum atomic E-state index is 0.275. The average molecular weight is 285 g/mol. The highest BCUT2D eigenvalue weighted by Gasteiger charge is 2.40. The summed E-state index contributed by atoms with van der Waals surface area (Å²) in [7, 11) is 0. The molecule has 0 saturated heterocycles. The van der Waals surface area contributed by atoms with E-state index in [2.05, 4.69) is 10.3 Å². The normalized spacial score (nSPS) is 18.5. The molecular weight excluding hydrogens is 266 g/mol. The van der Waals surface area contributed by atoms with Gasteiger partial charge in [0.25, 0.3) is 0 Å². The number of benzene rings is 1. The van der Waals surface area contributed by atoms with Gasteiger partial charge in [-0.05, 0) is 48.4 Å². The van der Waals surface area contributed by atoms with Crippen molar-refractivity contribution in [1.82, 2.24) is 4.98 Å². The molecule has 21 heavy (non-hydrogen) atoms. The molecule has 0 spiro atoms. The van der Waals surface area contributed by atoms with Gasteiger partial charge in [0, 0.05) is 18.1 Å². The Morgan fingerprint density at radius 2 is 1.95 bits per heavy atom. The van der Waals surface area contributed by atoms with E-state index in [1.54, 1.807) is 0 Å². The first-order valence-corrected chi connectivity index (χ1v) is 7.42. The van der Waals surface area contributed by atoms with Gasteiger partial charge in [-0.2, -0.15) is 0 Å². The standard InChI is InChI=1S/C16H19N3O2/c17-9-16(2-3-16)10-19-15-12-8-14-13(20-5-6-21-14)7-11(12)1-4-18-15/h1,4,7-8H,2-3,5-6,9-10,17H2,(H,18,19). The summed E-state index contributed by atoms with van der Waals surface area (Å²) in [6.45, 7) is 2.81. The van der Waals surface area contributed by atoms with Crippen LogP contribution in [0.3, 0.4) is 0 Å². The molecule has 2 aromatic rings. The molecule has 1 aliphatic heterocycles. The summed E-state index contributed by atoms with van der Waals surface area (Å²) in [4.78, 5) is 4.47. The molecule has 0 unspecified atom stereocenters. The lowest BCUT2D eigenvalue weighted by Gasteiger charge is -2.20. The van der Waals surface area contributed by atoms with Crippen LogP contribution in [0.4, 0.5) is 5.82 Å². The SMILES string of the molecule is NCC1(CNc2nccc3cc4c(cc23)OCCO4)CC1. The molecule has 0 amide bonds. The van der Waals surface area contributed by atoms with Gasteiger partial charge >= 0.3 is 0 Å². The summed E-state index contributed by atoms with van der Waals surface area (Å²) in [5.74, 6) is 2.50. The fourth-order valence-electron chi connectivity index (χ4n) is 2.75. The largest absolute Gasteiger partial charge is 0.486 e. The summed E-state index contributed by atoms with van der Waals surface area (Å²) in [5, 5.41) is 5.63. The van der Waals surface area contributed by atoms with Crippen molar-refractivity contribution in [3.8, 4) is 11.5 Å². The third-order valence-corrected chi connectivity index (χ3v) is 4.45. The zero-order valence-corrected chi connectivity index (χ0v) is 11.9. The van der Waals surface area contributed by atoms with Crippen LogP contribution in [0.1, 0.15) is 12.8 Å². The number of nitrogens with one attached hydrogen (secondary N) is 1. The van der Waals surface area contributed by atoms with E-state index in [4.69, 9.17) is 15.2 Å². The van der Waals surface area contributed by atoms with Gasteiger partial charge < -0.3 is 20.5 Å². The minimum absolute atomic E-state index is 0.275. The van der Waals surface area contributed by atoms with Crippen molar-refractivity contribution in [2.75, 3.05) is 31.6 Å². The van der Waals surface area contributed by atoms with E-state index < -0.39 is 0 Å². The summed E-state index contributed by atoms with van der Waals surface area (Å²) < 4.78 is 11.3. The molecule has 5 nitrogen and oxygen atoms in total. The number of rotatable bonds is 4. The van der Waals surface area contributed by atoms with E-state index in [0.29, 0.717) is 13.2 Å². The van der Waals surface area contributed by atoms with Gasteiger partial charge in [-0.25, -0.2) is 4.98 Å². The van der Waals surface area contributed by atoms with Gasteiger partial charge in [-0.3, -0.25) is 0 Å². The van der Waals surface area contributed by atoms with Crippen molar-refractivity contribution in [2.45, 2.75) is 12.8 Å². The van der Waals surface area contributed by atoms with Gasteiger partial charge in [0.05, 0.1) is 0 Å². The van der Waals surface area contributed by atoms with Gasteiger partial charge in [-0.1, -0.05) is 0 Å². The molecule has 1 aromatic carbocycles. The van der Waals surface area contributed by atoms with Crippen molar-refractivity contribution in [3.05, 3.63) is 24.4 Å². The highest BCUT2D eigenvalue weighted by Crippen LogP contribution is 2.44. The Morgan fingerprint density at radius 3 is 2.67 bits per heavy atom. The third kappa shape index (κ3) is 2.27. The second-order valence-corrected chi connectivity index (χ2v) is 5.93. The molecule has 0 radical (unpaired) electrons. The van der Waals surface area contributed by atoms with Crippen LogP contribution >= 0.6 is 0 Å². The second-order valence-electron chi connectivity index (χ2n) is 5.93. The predicted molar refractivity (Wildman–Crippen MR) is 81.9 cm³/mol. The zero-order chi connectivity index (χ0) is 14.3. The smallest absolute Gasteiger partial charge is 0.162 e. The van der Waals surface area contributed by atoms with Crippen molar-refractivity contribution in [2.24, 2.45) is 11.1 Å². The van der Waals surface area contributed by atoms with E-state index in [0.717, 1.165) is 41.2 Å². The molecule has 3 N–H and O–H groups in total. The van der Waals surface area contributed by atoms with E-state index in [1.165, 1.54) is 12.8 Å². The van der Waals surface area contributed by atoms with Crippen LogP contribution in [0.5, 0.6) is 11.5 Å². The third-order valence-electron chi connectivity index (χ3n) is 4.45. The first-order chi connectivity index (χ1) is 10.3. The highest BCUT2D eigenvalue weighted by molar-refractivity contribution is 5.94. The molecule has 110 valence electrons. The molecule has 0 atom stereocenters. The lowest BCUT2D eigenvalue weighted by Crippen LogP contribution is -2.24. The molecule has 1 aromatic heterocycles. The van der Waals surface area contributed by atoms with Crippen molar-refractivity contribution < 1.29 is 9.47 Å². The van der Waals surface area contributed by atoms with E-state index in [9.17, 15) is 0 Å². The Labute approximate surface area is 123 Å². The Balaban J connectivity index is 1.68. The minimum Gasteiger partial charge on any atom is -0.486 e. The van der Waals surface area contributed by atoms with Gasteiger partial charge in [-0.15, -0.1) is 0 Å². The van der Waals surface area contributed by atoms with E-state index in [1.807, 2.05) is 24.4 Å². The zero-order valence-electron chi connectivity index (χ0n) is 11.9. The second kappa shape index (κ2) is 4.77. The topological polar surface area (TPSA) is 69.4 Å². The van der Waals surface area contributed by atoms with Crippen LogP contribution in [0, 0.1) is 5.41 Å². The molecule has 2 heterocycles. The summed E-state index contributed by atoms with van der Waals surface area (Å²) in [6, 6.07) is 6.03. The predicted octanol–water partition coefficient (Wildman–Crippen LogP) is 2.16. The van der Waals surface area contributed by atoms with Crippen LogP contribution in [0.2, 0.25) is 0 Å². The van der Waals surface area contributed by atoms with Crippen molar-refractivity contribution in [1.29, 1.82) is 0 Å². The number of hydrogen-bond acceptors (Lipinski definition) is 5. The van der Waals surface area contributed by atoms with E-state index in [-0.39, 0.29) is 5.41 Å². The number of ether oxygens (including phenoxy) is 2. The summed E-state index contributed by atoms with van der Waals surface area (Å²) >= 11 is 0. The van der Waals surface area contributed by atoms with Gasteiger partial charge in [0.1, 0.15) is 19.0 Å². The molecule has 4 rings (SSSR count). The lowest BCUT2D eigenvalue weighted by molar-refractivity contribution is 0.172. The van der Waals surface area contributed by atoms with Crippen LogP contribution < -0.4 is 20.5 Å². The maximum Gasteiger partial charge on any atom is 0.162 e. The maximum atomic E-state index is 5.84. The maximum absolute atomic E-state index is 5.84. The fraction of sp³-hybridized carbons (Fsp3) is 0.438. The summed E-state index contributed by atoms with van der Waals surface area (Å²) in [5.41, 5.74) is 6.12. The Morgan fingerprint density at radius 1 is 1.19 bits per heavy atom. The van der Waals surface area contributed by atoms with Crippen LogP contribution in [0.25, 0.3) is 10.8 Å². The number of nitrogens with two attached hydrogens (primary N) is 1. The summed E-state index contributed by atoms with van der Waals surface area (Å²) in [6.07, 6.45) is 4.23. The molecule has 1 aliphatic carbocycles. The molecular formula is C16H19N3O2. The molecule has 1 saturated carbocycles.